The maximum absolute atomic E-state index is 13.1. The summed E-state index contributed by atoms with van der Waals surface area (Å²) in [5, 5.41) is 8.58. The van der Waals surface area contributed by atoms with E-state index < -0.39 is 11.9 Å². The standard InChI is InChI=1S/C27H37N7O5/c1-18-21(17-30-27(31-18)34-13-11-33(2)12-14-34)25(36)32-22-6-4-5-9-28-24(35)20-8-7-19(38-3)16-23(20)39-15-10-29-26(22)37/h7-8,16-17,22H,4-6,9-15H2,1-3H3,(H,28,35)(H,29,37)(H,32,36)/t22-/m0/s1. The van der Waals surface area contributed by atoms with Gasteiger partial charge in [-0.3, -0.25) is 14.4 Å². The van der Waals surface area contributed by atoms with Crippen LogP contribution in [0.25, 0.3) is 0 Å². The summed E-state index contributed by atoms with van der Waals surface area (Å²) in [6, 6.07) is 4.25. The fourth-order valence-corrected chi connectivity index (χ4v) is 4.51. The van der Waals surface area contributed by atoms with Gasteiger partial charge in [-0.1, -0.05) is 0 Å². The number of rotatable bonds is 4. The Balaban J connectivity index is 1.40. The van der Waals surface area contributed by atoms with Gasteiger partial charge in [-0.2, -0.15) is 0 Å². The number of fused-ring (bicyclic) bond motifs is 1. The SMILES string of the molecule is COc1ccc2c(c1)OCCNC(=O)[C@@H](NC(=O)c1cnc(N3CCN(C)CC3)nc1C)CCCCNC2=O. The number of anilines is 1. The lowest BCUT2D eigenvalue weighted by molar-refractivity contribution is -0.123. The summed E-state index contributed by atoms with van der Waals surface area (Å²) in [7, 11) is 3.62. The highest BCUT2D eigenvalue weighted by molar-refractivity contribution is 5.98. The molecule has 0 bridgehead atoms. The second kappa shape index (κ2) is 13.2. The molecule has 1 aromatic carbocycles. The number of hydrogen-bond donors (Lipinski definition) is 3. The van der Waals surface area contributed by atoms with E-state index in [1.54, 1.807) is 25.1 Å². The van der Waals surface area contributed by atoms with Crippen LogP contribution in [0.2, 0.25) is 0 Å². The Morgan fingerprint density at radius 2 is 1.92 bits per heavy atom. The number of piperazine rings is 1. The summed E-state index contributed by atoms with van der Waals surface area (Å²) in [6.07, 6.45) is 3.21. The van der Waals surface area contributed by atoms with Crippen LogP contribution in [0, 0.1) is 6.92 Å². The summed E-state index contributed by atoms with van der Waals surface area (Å²) in [6.45, 7) is 6.05. The van der Waals surface area contributed by atoms with E-state index in [4.69, 9.17) is 9.47 Å². The number of benzene rings is 1. The summed E-state index contributed by atoms with van der Waals surface area (Å²) >= 11 is 0. The minimum Gasteiger partial charge on any atom is -0.497 e. The second-order valence-corrected chi connectivity index (χ2v) is 9.74. The topological polar surface area (TPSA) is 138 Å². The number of aryl methyl sites for hydroxylation is 1. The average molecular weight is 540 g/mol. The van der Waals surface area contributed by atoms with E-state index in [1.165, 1.54) is 13.3 Å². The molecule has 12 nitrogen and oxygen atoms in total. The minimum atomic E-state index is -0.750. The molecule has 3 amide bonds. The lowest BCUT2D eigenvalue weighted by Gasteiger charge is -2.32. The molecule has 4 rings (SSSR count). The molecule has 2 aliphatic rings. The van der Waals surface area contributed by atoms with Crippen LogP contribution < -0.4 is 30.3 Å². The van der Waals surface area contributed by atoms with Gasteiger partial charge in [0, 0.05) is 45.0 Å². The number of carbonyl (C=O) groups excluding carboxylic acids is 3. The number of carbonyl (C=O) groups is 3. The highest BCUT2D eigenvalue weighted by Gasteiger charge is 2.24. The Hall–Kier alpha value is -3.93. The molecule has 39 heavy (non-hydrogen) atoms. The average Bonchev–Trinajstić information content (AvgIpc) is 2.94. The van der Waals surface area contributed by atoms with E-state index in [2.05, 4.69) is 42.8 Å². The fourth-order valence-electron chi connectivity index (χ4n) is 4.51. The van der Waals surface area contributed by atoms with Crippen LogP contribution in [-0.2, 0) is 4.79 Å². The molecule has 0 aliphatic carbocycles. The quantitative estimate of drug-likeness (QED) is 0.514. The molecule has 0 spiro atoms. The first kappa shape index (κ1) is 28.1. The van der Waals surface area contributed by atoms with Crippen molar-refractivity contribution in [3.8, 4) is 11.5 Å². The van der Waals surface area contributed by atoms with E-state index in [1.807, 2.05) is 0 Å². The van der Waals surface area contributed by atoms with Gasteiger partial charge < -0.3 is 35.2 Å². The molecule has 1 saturated heterocycles. The lowest BCUT2D eigenvalue weighted by atomic mass is 10.1. The predicted octanol–water partition coefficient (Wildman–Crippen LogP) is 0.753. The van der Waals surface area contributed by atoms with E-state index >= 15 is 0 Å². The van der Waals surface area contributed by atoms with E-state index in [-0.39, 0.29) is 25.0 Å². The molecule has 3 heterocycles. The Bertz CT molecular complexity index is 1180. The zero-order valence-electron chi connectivity index (χ0n) is 22.8. The Labute approximate surface area is 228 Å². The van der Waals surface area contributed by atoms with Crippen LogP contribution >= 0.6 is 0 Å². The lowest BCUT2D eigenvalue weighted by Crippen LogP contribution is -2.48. The number of nitrogens with zero attached hydrogens (tertiary/aromatic N) is 4. The molecule has 2 aliphatic heterocycles. The number of aromatic nitrogens is 2. The van der Waals surface area contributed by atoms with Crippen molar-refractivity contribution in [2.45, 2.75) is 32.2 Å². The predicted molar refractivity (Wildman–Crippen MR) is 145 cm³/mol. The van der Waals surface area contributed by atoms with Crippen molar-refractivity contribution in [3.63, 3.8) is 0 Å². The van der Waals surface area contributed by atoms with Crippen LogP contribution in [0.3, 0.4) is 0 Å². The Morgan fingerprint density at radius 3 is 2.67 bits per heavy atom. The molecule has 1 atom stereocenters. The number of nitrogens with one attached hydrogen (secondary N) is 3. The van der Waals surface area contributed by atoms with Gasteiger partial charge in [0.25, 0.3) is 11.8 Å². The molecule has 2 aromatic rings. The van der Waals surface area contributed by atoms with Crippen LogP contribution in [0.5, 0.6) is 11.5 Å². The minimum absolute atomic E-state index is 0.139. The monoisotopic (exact) mass is 539 g/mol. The van der Waals surface area contributed by atoms with E-state index in [0.29, 0.717) is 60.1 Å². The number of likely N-dealkylation sites (N-methyl/N-ethyl adjacent to an activating group) is 1. The van der Waals surface area contributed by atoms with Gasteiger partial charge in [0.2, 0.25) is 11.9 Å². The molecular weight excluding hydrogens is 502 g/mol. The van der Waals surface area contributed by atoms with E-state index in [0.717, 1.165) is 26.2 Å². The third kappa shape index (κ3) is 7.34. The molecule has 0 unspecified atom stereocenters. The summed E-state index contributed by atoms with van der Waals surface area (Å²) in [5.74, 6) is 0.600. The number of amides is 3. The van der Waals surface area contributed by atoms with Crippen LogP contribution in [0.1, 0.15) is 45.7 Å². The van der Waals surface area contributed by atoms with Crippen LogP contribution in [0.4, 0.5) is 5.95 Å². The number of methoxy groups -OCH3 is 1. The van der Waals surface area contributed by atoms with Crippen molar-refractivity contribution in [2.75, 3.05) is 64.9 Å². The molecule has 1 aromatic heterocycles. The summed E-state index contributed by atoms with van der Waals surface area (Å²) in [4.78, 5) is 52.2. The summed E-state index contributed by atoms with van der Waals surface area (Å²) < 4.78 is 11.0. The number of hydrogen-bond acceptors (Lipinski definition) is 9. The second-order valence-electron chi connectivity index (χ2n) is 9.74. The van der Waals surface area contributed by atoms with Crippen molar-refractivity contribution in [2.24, 2.45) is 0 Å². The highest BCUT2D eigenvalue weighted by atomic mass is 16.5. The Morgan fingerprint density at radius 1 is 1.13 bits per heavy atom. The van der Waals surface area contributed by atoms with Gasteiger partial charge in [-0.15, -0.1) is 0 Å². The van der Waals surface area contributed by atoms with Crippen LogP contribution in [-0.4, -0.2) is 98.7 Å². The fraction of sp³-hybridized carbons (Fsp3) is 0.519. The first-order valence-electron chi connectivity index (χ1n) is 13.3. The molecule has 0 saturated carbocycles. The van der Waals surface area contributed by atoms with Crippen molar-refractivity contribution >= 4 is 23.7 Å². The van der Waals surface area contributed by atoms with Gasteiger partial charge in [-0.25, -0.2) is 9.97 Å². The largest absolute Gasteiger partial charge is 0.497 e. The van der Waals surface area contributed by atoms with Gasteiger partial charge in [0.15, 0.2) is 0 Å². The Kier molecular flexibility index (Phi) is 9.53. The van der Waals surface area contributed by atoms with Crippen molar-refractivity contribution < 1.29 is 23.9 Å². The maximum Gasteiger partial charge on any atom is 0.255 e. The maximum atomic E-state index is 13.1. The molecular formula is C27H37N7O5. The highest BCUT2D eigenvalue weighted by Crippen LogP contribution is 2.25. The van der Waals surface area contributed by atoms with Crippen molar-refractivity contribution in [3.05, 3.63) is 41.2 Å². The van der Waals surface area contributed by atoms with Crippen molar-refractivity contribution in [1.29, 1.82) is 0 Å². The van der Waals surface area contributed by atoms with Crippen LogP contribution in [0.15, 0.2) is 24.4 Å². The molecule has 3 N–H and O–H groups in total. The first-order valence-corrected chi connectivity index (χ1v) is 13.3. The zero-order chi connectivity index (χ0) is 27.8. The zero-order valence-corrected chi connectivity index (χ0v) is 22.8. The van der Waals surface area contributed by atoms with Crippen molar-refractivity contribution in [1.82, 2.24) is 30.8 Å². The molecule has 1 fully saturated rings. The third-order valence-electron chi connectivity index (χ3n) is 6.92. The van der Waals surface area contributed by atoms with Gasteiger partial charge in [0.05, 0.1) is 30.5 Å². The molecule has 0 radical (unpaired) electrons. The van der Waals surface area contributed by atoms with Gasteiger partial charge in [0.1, 0.15) is 24.1 Å². The molecule has 12 heteroatoms. The van der Waals surface area contributed by atoms with Gasteiger partial charge >= 0.3 is 0 Å². The van der Waals surface area contributed by atoms with E-state index in [9.17, 15) is 14.4 Å². The normalized spacial score (nSPS) is 19.6. The molecule has 210 valence electrons. The first-order chi connectivity index (χ1) is 18.9. The smallest absolute Gasteiger partial charge is 0.255 e. The third-order valence-corrected chi connectivity index (χ3v) is 6.92. The van der Waals surface area contributed by atoms with Gasteiger partial charge in [-0.05, 0) is 45.4 Å². The summed E-state index contributed by atoms with van der Waals surface area (Å²) in [5.41, 5.74) is 1.30. The number of ether oxygens (including phenoxy) is 2.